The SMILES string of the molecule is Cc1cc(C)n(-c2nc(NC3CCC(F)(F)CC3)cc(C(C)N(C)C)n2)n1. The Hall–Kier alpha value is -2.09. The highest BCUT2D eigenvalue weighted by Gasteiger charge is 2.35. The van der Waals surface area contributed by atoms with Gasteiger partial charge in [-0.25, -0.2) is 18.4 Å². The van der Waals surface area contributed by atoms with Crippen LogP contribution in [0.4, 0.5) is 14.6 Å². The van der Waals surface area contributed by atoms with Crippen molar-refractivity contribution in [2.45, 2.75) is 64.5 Å². The zero-order chi connectivity index (χ0) is 19.8. The second-order valence-corrected chi connectivity index (χ2v) is 7.73. The second-order valence-electron chi connectivity index (χ2n) is 7.73. The van der Waals surface area contributed by atoms with Crippen LogP contribution in [0.2, 0.25) is 0 Å². The Morgan fingerprint density at radius 1 is 1.19 bits per heavy atom. The Kier molecular flexibility index (Phi) is 5.46. The molecule has 1 saturated carbocycles. The lowest BCUT2D eigenvalue weighted by molar-refractivity contribution is -0.0361. The van der Waals surface area contributed by atoms with Gasteiger partial charge in [-0.15, -0.1) is 0 Å². The molecule has 2 aromatic heterocycles. The fraction of sp³-hybridized carbons (Fsp3) is 0.632. The van der Waals surface area contributed by atoms with Gasteiger partial charge in [0.25, 0.3) is 5.95 Å². The van der Waals surface area contributed by atoms with Crippen molar-refractivity contribution in [2.75, 3.05) is 19.4 Å². The van der Waals surface area contributed by atoms with E-state index < -0.39 is 5.92 Å². The van der Waals surface area contributed by atoms with Gasteiger partial charge in [-0.05, 0) is 53.8 Å². The summed E-state index contributed by atoms with van der Waals surface area (Å²) in [5.41, 5.74) is 2.71. The average molecular weight is 378 g/mol. The second kappa shape index (κ2) is 7.50. The number of aromatic nitrogens is 4. The van der Waals surface area contributed by atoms with Crippen LogP contribution < -0.4 is 5.32 Å². The topological polar surface area (TPSA) is 58.9 Å². The predicted octanol–water partition coefficient (Wildman–Crippen LogP) is 3.89. The highest BCUT2D eigenvalue weighted by molar-refractivity contribution is 5.41. The summed E-state index contributed by atoms with van der Waals surface area (Å²) in [5.74, 6) is -1.38. The number of hydrogen-bond donors (Lipinski definition) is 1. The number of nitrogens with zero attached hydrogens (tertiary/aromatic N) is 5. The van der Waals surface area contributed by atoms with Crippen molar-refractivity contribution in [3.8, 4) is 5.95 Å². The average Bonchev–Trinajstić information content (AvgIpc) is 2.94. The molecule has 0 bridgehead atoms. The maximum Gasteiger partial charge on any atom is 0.253 e. The van der Waals surface area contributed by atoms with Crippen molar-refractivity contribution >= 4 is 5.82 Å². The first-order chi connectivity index (χ1) is 12.6. The van der Waals surface area contributed by atoms with E-state index in [1.807, 2.05) is 40.1 Å². The van der Waals surface area contributed by atoms with Crippen molar-refractivity contribution in [3.05, 3.63) is 29.2 Å². The summed E-state index contributed by atoms with van der Waals surface area (Å²) in [6, 6.07) is 3.96. The van der Waals surface area contributed by atoms with E-state index in [1.165, 1.54) is 0 Å². The van der Waals surface area contributed by atoms with Gasteiger partial charge in [0.05, 0.1) is 11.4 Å². The van der Waals surface area contributed by atoms with Gasteiger partial charge in [0.2, 0.25) is 5.92 Å². The van der Waals surface area contributed by atoms with Gasteiger partial charge < -0.3 is 10.2 Å². The number of anilines is 1. The maximum atomic E-state index is 13.4. The van der Waals surface area contributed by atoms with Crippen LogP contribution in [0, 0.1) is 13.8 Å². The molecule has 0 saturated heterocycles. The molecule has 0 amide bonds. The van der Waals surface area contributed by atoms with Crippen LogP contribution in [0.25, 0.3) is 5.95 Å². The van der Waals surface area contributed by atoms with Crippen LogP contribution in [0.15, 0.2) is 12.1 Å². The summed E-state index contributed by atoms with van der Waals surface area (Å²) in [6.07, 6.45) is 0.706. The fourth-order valence-corrected chi connectivity index (χ4v) is 3.33. The summed E-state index contributed by atoms with van der Waals surface area (Å²) in [4.78, 5) is 11.4. The van der Waals surface area contributed by atoms with Crippen LogP contribution >= 0.6 is 0 Å². The molecule has 1 atom stereocenters. The van der Waals surface area contributed by atoms with Crippen LogP contribution in [0.1, 0.15) is 55.7 Å². The third kappa shape index (κ3) is 4.61. The molecule has 1 fully saturated rings. The highest BCUT2D eigenvalue weighted by atomic mass is 19.3. The normalized spacial score (nSPS) is 18.7. The third-order valence-corrected chi connectivity index (χ3v) is 5.20. The highest BCUT2D eigenvalue weighted by Crippen LogP contribution is 2.34. The first-order valence-corrected chi connectivity index (χ1v) is 9.38. The summed E-state index contributed by atoms with van der Waals surface area (Å²) >= 11 is 0. The van der Waals surface area contributed by atoms with Gasteiger partial charge in [0.15, 0.2) is 0 Å². The molecule has 2 aromatic rings. The monoisotopic (exact) mass is 378 g/mol. The van der Waals surface area contributed by atoms with E-state index in [0.29, 0.717) is 24.6 Å². The van der Waals surface area contributed by atoms with E-state index in [-0.39, 0.29) is 24.9 Å². The van der Waals surface area contributed by atoms with Gasteiger partial charge in [0.1, 0.15) is 5.82 Å². The first kappa shape index (κ1) is 19.7. The number of alkyl halides is 2. The molecule has 0 radical (unpaired) electrons. The van der Waals surface area contributed by atoms with Gasteiger partial charge in [-0.3, -0.25) is 0 Å². The van der Waals surface area contributed by atoms with Crippen molar-refractivity contribution in [2.24, 2.45) is 0 Å². The van der Waals surface area contributed by atoms with Crippen molar-refractivity contribution in [3.63, 3.8) is 0 Å². The molecule has 1 aliphatic carbocycles. The summed E-state index contributed by atoms with van der Waals surface area (Å²) in [5, 5.41) is 7.83. The fourth-order valence-electron chi connectivity index (χ4n) is 3.33. The molecule has 0 aliphatic heterocycles. The molecule has 27 heavy (non-hydrogen) atoms. The van der Waals surface area contributed by atoms with Crippen LogP contribution in [0.3, 0.4) is 0 Å². The lowest BCUT2D eigenvalue weighted by atomic mass is 9.92. The number of aryl methyl sites for hydroxylation is 2. The Morgan fingerprint density at radius 3 is 2.41 bits per heavy atom. The standard InChI is InChI=1S/C19H28F2N6/c1-12-10-13(2)27(25-12)18-23-16(14(3)26(4)5)11-17(24-18)22-15-6-8-19(20,21)9-7-15/h10-11,14-15H,6-9H2,1-5H3,(H,22,23,24). The minimum atomic E-state index is -2.54. The molecule has 1 unspecified atom stereocenters. The Morgan fingerprint density at radius 2 is 1.85 bits per heavy atom. The third-order valence-electron chi connectivity index (χ3n) is 5.20. The molecule has 148 valence electrons. The lowest BCUT2D eigenvalue weighted by Crippen LogP contribution is -2.32. The zero-order valence-electron chi connectivity index (χ0n) is 16.6. The van der Waals surface area contributed by atoms with E-state index in [0.717, 1.165) is 17.1 Å². The zero-order valence-corrected chi connectivity index (χ0v) is 16.6. The van der Waals surface area contributed by atoms with Gasteiger partial charge in [-0.1, -0.05) is 0 Å². The van der Waals surface area contributed by atoms with Crippen molar-refractivity contribution in [1.82, 2.24) is 24.6 Å². The Balaban J connectivity index is 1.92. The molecule has 8 heteroatoms. The van der Waals surface area contributed by atoms with Gasteiger partial charge >= 0.3 is 0 Å². The molecule has 1 N–H and O–H groups in total. The molecule has 1 aliphatic rings. The molecular weight excluding hydrogens is 350 g/mol. The minimum absolute atomic E-state index is 0.00431. The quantitative estimate of drug-likeness (QED) is 0.855. The number of rotatable bonds is 5. The lowest BCUT2D eigenvalue weighted by Gasteiger charge is -2.29. The van der Waals surface area contributed by atoms with Crippen LogP contribution in [-0.2, 0) is 0 Å². The Labute approximate surface area is 159 Å². The largest absolute Gasteiger partial charge is 0.367 e. The molecule has 2 heterocycles. The Bertz CT molecular complexity index is 791. The minimum Gasteiger partial charge on any atom is -0.367 e. The number of nitrogens with one attached hydrogen (secondary N) is 1. The number of hydrogen-bond acceptors (Lipinski definition) is 5. The summed E-state index contributed by atoms with van der Waals surface area (Å²) in [7, 11) is 3.98. The van der Waals surface area contributed by atoms with E-state index in [1.54, 1.807) is 4.68 Å². The predicted molar refractivity (Wildman–Crippen MR) is 102 cm³/mol. The molecule has 3 rings (SSSR count). The van der Waals surface area contributed by atoms with E-state index in [4.69, 9.17) is 4.98 Å². The van der Waals surface area contributed by atoms with Crippen molar-refractivity contribution < 1.29 is 8.78 Å². The van der Waals surface area contributed by atoms with E-state index >= 15 is 0 Å². The van der Waals surface area contributed by atoms with E-state index in [2.05, 4.69) is 27.2 Å². The summed E-state index contributed by atoms with van der Waals surface area (Å²) < 4.78 is 28.6. The maximum absolute atomic E-state index is 13.4. The van der Waals surface area contributed by atoms with Gasteiger partial charge in [-0.2, -0.15) is 10.1 Å². The number of halogens is 2. The molecule has 0 aromatic carbocycles. The van der Waals surface area contributed by atoms with Crippen LogP contribution in [-0.4, -0.2) is 50.7 Å². The smallest absolute Gasteiger partial charge is 0.253 e. The first-order valence-electron chi connectivity index (χ1n) is 9.38. The van der Waals surface area contributed by atoms with E-state index in [9.17, 15) is 8.78 Å². The molecular formula is C19H28F2N6. The molecule has 0 spiro atoms. The van der Waals surface area contributed by atoms with Gasteiger partial charge in [0, 0.05) is 36.7 Å². The van der Waals surface area contributed by atoms with Crippen molar-refractivity contribution in [1.29, 1.82) is 0 Å². The summed E-state index contributed by atoms with van der Waals surface area (Å²) in [6.45, 7) is 5.96. The van der Waals surface area contributed by atoms with Crippen LogP contribution in [0.5, 0.6) is 0 Å². The molecule has 6 nitrogen and oxygen atoms in total.